The van der Waals surface area contributed by atoms with E-state index in [0.29, 0.717) is 23.8 Å². The summed E-state index contributed by atoms with van der Waals surface area (Å²) in [5, 5.41) is 6.26. The third-order valence-electron chi connectivity index (χ3n) is 4.17. The molecule has 0 unspecified atom stereocenters. The number of amides is 3. The summed E-state index contributed by atoms with van der Waals surface area (Å²) >= 11 is 5.95. The summed E-state index contributed by atoms with van der Waals surface area (Å²) in [7, 11) is 0. The number of piperazine rings is 1. The Morgan fingerprint density at radius 3 is 2.23 bits per heavy atom. The number of halogens is 1. The van der Waals surface area contributed by atoms with Gasteiger partial charge >= 0.3 is 6.03 Å². The zero-order valence-electron chi connectivity index (χ0n) is 14.5. The molecule has 1 saturated heterocycles. The van der Waals surface area contributed by atoms with Crippen molar-refractivity contribution in [2.45, 2.75) is 6.92 Å². The molecule has 0 aromatic heterocycles. The van der Waals surface area contributed by atoms with Gasteiger partial charge in [0, 0.05) is 55.2 Å². The zero-order valence-corrected chi connectivity index (χ0v) is 15.3. The second-order valence-corrected chi connectivity index (χ2v) is 6.58. The molecule has 1 aliphatic rings. The molecule has 3 rings (SSSR count). The first-order valence-corrected chi connectivity index (χ1v) is 8.83. The molecule has 2 aromatic rings. The summed E-state index contributed by atoms with van der Waals surface area (Å²) < 4.78 is 0. The first kappa shape index (κ1) is 18.1. The van der Waals surface area contributed by atoms with Crippen molar-refractivity contribution >= 4 is 40.6 Å². The van der Waals surface area contributed by atoms with Gasteiger partial charge in [-0.3, -0.25) is 4.79 Å². The molecule has 3 amide bonds. The van der Waals surface area contributed by atoms with Crippen molar-refractivity contribution in [1.82, 2.24) is 4.90 Å². The van der Waals surface area contributed by atoms with Crippen LogP contribution in [0.25, 0.3) is 0 Å². The molecule has 1 aliphatic heterocycles. The number of nitrogens with zero attached hydrogens (tertiary/aromatic N) is 2. The predicted octanol–water partition coefficient (Wildman–Crippen LogP) is 3.65. The quantitative estimate of drug-likeness (QED) is 0.864. The molecule has 1 heterocycles. The van der Waals surface area contributed by atoms with E-state index in [0.717, 1.165) is 24.5 Å². The van der Waals surface area contributed by atoms with Gasteiger partial charge in [0.1, 0.15) is 0 Å². The van der Waals surface area contributed by atoms with E-state index in [4.69, 9.17) is 11.6 Å². The normalized spacial score (nSPS) is 14.1. The van der Waals surface area contributed by atoms with Gasteiger partial charge in [-0.2, -0.15) is 0 Å². The molecular formula is C19H21ClN4O2. The molecule has 0 bridgehead atoms. The molecule has 0 aliphatic carbocycles. The standard InChI is InChI=1S/C19H21ClN4O2/c1-14(25)21-17-6-3-7-18(13-17)23-8-10-24(11-9-23)19(26)22-16-5-2-4-15(20)12-16/h2-7,12-13H,8-11H2,1H3,(H,21,25)(H,22,26). The van der Waals surface area contributed by atoms with Crippen LogP contribution >= 0.6 is 11.6 Å². The fourth-order valence-corrected chi connectivity index (χ4v) is 3.11. The molecule has 7 heteroatoms. The maximum Gasteiger partial charge on any atom is 0.321 e. The third-order valence-corrected chi connectivity index (χ3v) is 4.41. The van der Waals surface area contributed by atoms with Crippen LogP contribution in [-0.4, -0.2) is 43.0 Å². The number of carbonyl (C=O) groups excluding carboxylic acids is 2. The Morgan fingerprint density at radius 1 is 0.923 bits per heavy atom. The Morgan fingerprint density at radius 2 is 1.58 bits per heavy atom. The van der Waals surface area contributed by atoms with Gasteiger partial charge in [-0.1, -0.05) is 23.7 Å². The summed E-state index contributed by atoms with van der Waals surface area (Å²) in [6.07, 6.45) is 0. The minimum absolute atomic E-state index is 0.0929. The second-order valence-electron chi connectivity index (χ2n) is 6.15. The molecule has 0 atom stereocenters. The van der Waals surface area contributed by atoms with Gasteiger partial charge in [-0.25, -0.2) is 4.79 Å². The van der Waals surface area contributed by atoms with Crippen molar-refractivity contribution in [2.75, 3.05) is 41.7 Å². The second kappa shape index (κ2) is 8.10. The molecule has 0 spiro atoms. The average Bonchev–Trinajstić information content (AvgIpc) is 2.61. The predicted molar refractivity (Wildman–Crippen MR) is 105 cm³/mol. The molecule has 1 fully saturated rings. The number of hydrogen-bond donors (Lipinski definition) is 2. The largest absolute Gasteiger partial charge is 0.368 e. The smallest absolute Gasteiger partial charge is 0.321 e. The number of nitrogens with one attached hydrogen (secondary N) is 2. The van der Waals surface area contributed by atoms with Gasteiger partial charge in [0.15, 0.2) is 0 Å². The van der Waals surface area contributed by atoms with Crippen molar-refractivity contribution in [2.24, 2.45) is 0 Å². The van der Waals surface area contributed by atoms with Crippen LogP contribution in [0.4, 0.5) is 21.9 Å². The fourth-order valence-electron chi connectivity index (χ4n) is 2.92. The summed E-state index contributed by atoms with van der Waals surface area (Å²) in [6.45, 7) is 4.19. The molecule has 2 N–H and O–H groups in total. The van der Waals surface area contributed by atoms with Crippen LogP contribution in [0, 0.1) is 0 Å². The Balaban J connectivity index is 1.57. The van der Waals surface area contributed by atoms with Gasteiger partial charge in [-0.15, -0.1) is 0 Å². The van der Waals surface area contributed by atoms with Crippen molar-refractivity contribution in [3.8, 4) is 0 Å². The van der Waals surface area contributed by atoms with Crippen LogP contribution in [0.3, 0.4) is 0 Å². The topological polar surface area (TPSA) is 64.7 Å². The summed E-state index contributed by atoms with van der Waals surface area (Å²) in [4.78, 5) is 27.6. The van der Waals surface area contributed by atoms with E-state index < -0.39 is 0 Å². The summed E-state index contributed by atoms with van der Waals surface area (Å²) in [6, 6.07) is 14.7. The van der Waals surface area contributed by atoms with Gasteiger partial charge in [0.05, 0.1) is 0 Å². The molecule has 26 heavy (non-hydrogen) atoms. The molecule has 6 nitrogen and oxygen atoms in total. The van der Waals surface area contributed by atoms with Crippen LogP contribution in [0.2, 0.25) is 5.02 Å². The number of rotatable bonds is 3. The monoisotopic (exact) mass is 372 g/mol. The Labute approximate surface area is 157 Å². The lowest BCUT2D eigenvalue weighted by molar-refractivity contribution is -0.114. The molecule has 0 radical (unpaired) electrons. The van der Waals surface area contributed by atoms with Crippen molar-refractivity contribution in [1.29, 1.82) is 0 Å². The number of benzene rings is 2. The van der Waals surface area contributed by atoms with Crippen molar-refractivity contribution in [3.63, 3.8) is 0 Å². The minimum Gasteiger partial charge on any atom is -0.368 e. The highest BCUT2D eigenvalue weighted by Crippen LogP contribution is 2.21. The first-order chi connectivity index (χ1) is 12.5. The number of urea groups is 1. The fraction of sp³-hybridized carbons (Fsp3) is 0.263. The summed E-state index contributed by atoms with van der Waals surface area (Å²) in [5.74, 6) is -0.0929. The molecule has 0 saturated carbocycles. The van der Waals surface area contributed by atoms with E-state index in [1.165, 1.54) is 6.92 Å². The highest BCUT2D eigenvalue weighted by Gasteiger charge is 2.21. The van der Waals surface area contributed by atoms with E-state index >= 15 is 0 Å². The minimum atomic E-state index is -0.126. The van der Waals surface area contributed by atoms with Crippen molar-refractivity contribution < 1.29 is 9.59 Å². The number of hydrogen-bond acceptors (Lipinski definition) is 3. The highest BCUT2D eigenvalue weighted by molar-refractivity contribution is 6.30. The van der Waals surface area contributed by atoms with Crippen LogP contribution in [0.5, 0.6) is 0 Å². The number of carbonyl (C=O) groups is 2. The molecule has 136 valence electrons. The van der Waals surface area contributed by atoms with E-state index in [9.17, 15) is 9.59 Å². The van der Waals surface area contributed by atoms with Crippen molar-refractivity contribution in [3.05, 3.63) is 53.6 Å². The molecule has 2 aromatic carbocycles. The molecular weight excluding hydrogens is 352 g/mol. The summed E-state index contributed by atoms with van der Waals surface area (Å²) in [5.41, 5.74) is 2.50. The van der Waals surface area contributed by atoms with E-state index in [1.54, 1.807) is 23.1 Å². The highest BCUT2D eigenvalue weighted by atomic mass is 35.5. The maximum atomic E-state index is 12.4. The zero-order chi connectivity index (χ0) is 18.5. The first-order valence-electron chi connectivity index (χ1n) is 8.45. The lowest BCUT2D eigenvalue weighted by Gasteiger charge is -2.36. The van der Waals surface area contributed by atoms with Gasteiger partial charge in [-0.05, 0) is 36.4 Å². The lowest BCUT2D eigenvalue weighted by Crippen LogP contribution is -2.50. The lowest BCUT2D eigenvalue weighted by atomic mass is 10.2. The van der Waals surface area contributed by atoms with Crippen LogP contribution < -0.4 is 15.5 Å². The average molecular weight is 373 g/mol. The Bertz CT molecular complexity index is 804. The van der Waals surface area contributed by atoms with E-state index in [1.807, 2.05) is 30.3 Å². The van der Waals surface area contributed by atoms with Crippen LogP contribution in [0.1, 0.15) is 6.92 Å². The SMILES string of the molecule is CC(=O)Nc1cccc(N2CCN(C(=O)Nc3cccc(Cl)c3)CC2)c1. The van der Waals surface area contributed by atoms with E-state index in [2.05, 4.69) is 15.5 Å². The van der Waals surface area contributed by atoms with Gasteiger partial charge in [0.2, 0.25) is 5.91 Å². The van der Waals surface area contributed by atoms with Gasteiger partial charge < -0.3 is 20.4 Å². The van der Waals surface area contributed by atoms with Gasteiger partial charge in [0.25, 0.3) is 0 Å². The van der Waals surface area contributed by atoms with Crippen LogP contribution in [0.15, 0.2) is 48.5 Å². The maximum absolute atomic E-state index is 12.4. The Kier molecular flexibility index (Phi) is 5.63. The Hall–Kier alpha value is -2.73. The number of anilines is 3. The third kappa shape index (κ3) is 4.67. The van der Waals surface area contributed by atoms with Crippen LogP contribution in [-0.2, 0) is 4.79 Å². The van der Waals surface area contributed by atoms with E-state index in [-0.39, 0.29) is 11.9 Å².